The average Bonchev–Trinajstić information content (AvgIpc) is 2.14. The molecule has 0 heterocycles. The van der Waals surface area contributed by atoms with Crippen LogP contribution in [0.3, 0.4) is 0 Å². The summed E-state index contributed by atoms with van der Waals surface area (Å²) in [6.07, 6.45) is -9.74. The maximum Gasteiger partial charge on any atom is 0.416 e. The zero-order chi connectivity index (χ0) is 12.6. The third-order valence-electron chi connectivity index (χ3n) is 1.83. The summed E-state index contributed by atoms with van der Waals surface area (Å²) in [7, 11) is -0.882. The van der Waals surface area contributed by atoms with E-state index in [1.165, 1.54) is 0 Å². The molecule has 0 fully saturated rings. The molecule has 1 aromatic carbocycles. The van der Waals surface area contributed by atoms with E-state index in [-0.39, 0.29) is 6.07 Å². The van der Waals surface area contributed by atoms with Gasteiger partial charge in [-0.15, -0.1) is 0 Å². The van der Waals surface area contributed by atoms with E-state index < -0.39 is 36.4 Å². The van der Waals surface area contributed by atoms with Crippen molar-refractivity contribution in [3.05, 3.63) is 29.3 Å². The fourth-order valence-corrected chi connectivity index (χ4v) is 1.11. The molecule has 1 N–H and O–H groups in total. The molecular weight excluding hydrogens is 237 g/mol. The lowest BCUT2D eigenvalue weighted by molar-refractivity contribution is -0.142. The van der Waals surface area contributed by atoms with Gasteiger partial charge in [-0.25, -0.2) is 0 Å². The largest absolute Gasteiger partial charge is 0.449 e. The average molecular weight is 242 g/mol. The van der Waals surface area contributed by atoms with Gasteiger partial charge >= 0.3 is 19.8 Å². The minimum Gasteiger partial charge on any atom is -0.449 e. The molecule has 88 valence electrons. The second-order valence-electron chi connectivity index (χ2n) is 3.07. The first kappa shape index (κ1) is 12.9. The van der Waals surface area contributed by atoms with Gasteiger partial charge < -0.3 is 5.02 Å². The summed E-state index contributed by atoms with van der Waals surface area (Å²) in [6, 6.07) is 0.976. The molecule has 0 saturated heterocycles. The quantitative estimate of drug-likeness (QED) is 0.586. The van der Waals surface area contributed by atoms with Crippen LogP contribution in [0.4, 0.5) is 26.3 Å². The molecule has 1 nitrogen and oxygen atoms in total. The van der Waals surface area contributed by atoms with Crippen LogP contribution >= 0.6 is 0 Å². The van der Waals surface area contributed by atoms with Crippen molar-refractivity contribution in [1.82, 2.24) is 0 Å². The zero-order valence-corrected chi connectivity index (χ0v) is 7.65. The molecule has 0 aliphatic heterocycles. The lowest BCUT2D eigenvalue weighted by Crippen LogP contribution is -2.21. The van der Waals surface area contributed by atoms with E-state index >= 15 is 0 Å². The van der Waals surface area contributed by atoms with E-state index in [1.54, 1.807) is 0 Å². The molecule has 16 heavy (non-hydrogen) atoms. The van der Waals surface area contributed by atoms with Gasteiger partial charge in [-0.3, -0.25) is 0 Å². The van der Waals surface area contributed by atoms with Gasteiger partial charge in [0.1, 0.15) is 0 Å². The smallest absolute Gasteiger partial charge is 0.416 e. The highest BCUT2D eigenvalue weighted by atomic mass is 19.4. The number of halogens is 6. The van der Waals surface area contributed by atoms with Crippen LogP contribution < -0.4 is 5.46 Å². The molecule has 1 aromatic rings. The van der Waals surface area contributed by atoms with Crippen LogP contribution in [-0.2, 0) is 12.4 Å². The van der Waals surface area contributed by atoms with Crippen molar-refractivity contribution >= 4 is 12.9 Å². The van der Waals surface area contributed by atoms with Crippen LogP contribution in [-0.4, -0.2) is 12.5 Å². The minimum absolute atomic E-state index is 0.0131. The first-order valence-electron chi connectivity index (χ1n) is 4.04. The Morgan fingerprint density at radius 1 is 0.812 bits per heavy atom. The second kappa shape index (κ2) is 4.01. The Morgan fingerprint density at radius 3 is 1.44 bits per heavy atom. The Bertz CT molecular complexity index is 351. The van der Waals surface area contributed by atoms with Crippen LogP contribution in [0, 0.1) is 0 Å². The second-order valence-corrected chi connectivity index (χ2v) is 3.07. The van der Waals surface area contributed by atoms with E-state index in [4.69, 9.17) is 5.02 Å². The van der Waals surface area contributed by atoms with E-state index in [1.807, 2.05) is 0 Å². The zero-order valence-electron chi connectivity index (χ0n) is 7.65. The summed E-state index contributed by atoms with van der Waals surface area (Å²) in [5.74, 6) is 0. The Labute approximate surface area is 87.0 Å². The molecule has 8 heteroatoms. The number of alkyl halides is 6. The Kier molecular flexibility index (Phi) is 3.23. The van der Waals surface area contributed by atoms with Gasteiger partial charge in [-0.05, 0) is 6.07 Å². The summed E-state index contributed by atoms with van der Waals surface area (Å²) < 4.78 is 73.3. The minimum atomic E-state index is -4.87. The van der Waals surface area contributed by atoms with Crippen molar-refractivity contribution < 1.29 is 31.4 Å². The standard InChI is InChI=1S/C8H5BF6O/c10-7(11,12)4-1-5(8(13,14)15)3-6(2-4)9-16/h1-3,9,16H. The van der Waals surface area contributed by atoms with Crippen LogP contribution in [0.25, 0.3) is 0 Å². The third kappa shape index (κ3) is 2.91. The van der Waals surface area contributed by atoms with Crippen molar-refractivity contribution in [2.75, 3.05) is 0 Å². The summed E-state index contributed by atoms with van der Waals surface area (Å²) >= 11 is 0. The van der Waals surface area contributed by atoms with Crippen LogP contribution in [0.1, 0.15) is 11.1 Å². The van der Waals surface area contributed by atoms with Gasteiger partial charge in [-0.2, -0.15) is 26.3 Å². The monoisotopic (exact) mass is 242 g/mol. The van der Waals surface area contributed by atoms with E-state index in [0.29, 0.717) is 12.1 Å². The highest BCUT2D eigenvalue weighted by molar-refractivity contribution is 6.45. The Balaban J connectivity index is 3.33. The first-order chi connectivity index (χ1) is 7.14. The van der Waals surface area contributed by atoms with Gasteiger partial charge in [0, 0.05) is 0 Å². The first-order valence-corrected chi connectivity index (χ1v) is 4.04. The van der Waals surface area contributed by atoms with E-state index in [2.05, 4.69) is 0 Å². The predicted molar refractivity (Wildman–Crippen MR) is 45.4 cm³/mol. The fourth-order valence-electron chi connectivity index (χ4n) is 1.11. The van der Waals surface area contributed by atoms with Gasteiger partial charge in [0.05, 0.1) is 11.1 Å². The molecule has 0 aliphatic rings. The van der Waals surface area contributed by atoms with Crippen molar-refractivity contribution in [2.45, 2.75) is 12.4 Å². The Hall–Kier alpha value is -1.18. The maximum absolute atomic E-state index is 12.2. The van der Waals surface area contributed by atoms with Crippen molar-refractivity contribution in [2.24, 2.45) is 0 Å². The molecule has 0 atom stereocenters. The molecular formula is C8H5BF6O. The molecule has 0 aromatic heterocycles. The summed E-state index contributed by atoms with van der Waals surface area (Å²) in [5.41, 5.74) is -3.28. The van der Waals surface area contributed by atoms with Gasteiger partial charge in [0.25, 0.3) is 0 Å². The molecule has 0 bridgehead atoms. The van der Waals surface area contributed by atoms with Gasteiger partial charge in [0.15, 0.2) is 0 Å². The molecule has 0 spiro atoms. The molecule has 0 amide bonds. The van der Waals surface area contributed by atoms with E-state index in [9.17, 15) is 26.3 Å². The molecule has 0 radical (unpaired) electrons. The maximum atomic E-state index is 12.2. The molecule has 1 rings (SSSR count). The summed E-state index contributed by atoms with van der Waals surface area (Å²) in [6.45, 7) is 0. The van der Waals surface area contributed by atoms with Crippen LogP contribution in [0.5, 0.6) is 0 Å². The van der Waals surface area contributed by atoms with Gasteiger partial charge in [0.2, 0.25) is 0 Å². The normalized spacial score (nSPS) is 12.7. The van der Waals surface area contributed by atoms with Crippen molar-refractivity contribution in [3.63, 3.8) is 0 Å². The number of hydrogen-bond acceptors (Lipinski definition) is 1. The number of rotatable bonds is 1. The topological polar surface area (TPSA) is 20.2 Å². The molecule has 0 saturated carbocycles. The molecule has 0 unspecified atom stereocenters. The van der Waals surface area contributed by atoms with E-state index in [0.717, 1.165) is 0 Å². The molecule has 0 aliphatic carbocycles. The van der Waals surface area contributed by atoms with Crippen LogP contribution in [0.15, 0.2) is 18.2 Å². The lowest BCUT2D eigenvalue weighted by Gasteiger charge is -2.12. The van der Waals surface area contributed by atoms with Crippen LogP contribution in [0.2, 0.25) is 0 Å². The summed E-state index contributed by atoms with van der Waals surface area (Å²) in [4.78, 5) is 0. The Morgan fingerprint density at radius 2 is 1.19 bits per heavy atom. The highest BCUT2D eigenvalue weighted by Crippen LogP contribution is 2.34. The fraction of sp³-hybridized carbons (Fsp3) is 0.250. The number of benzene rings is 1. The van der Waals surface area contributed by atoms with Crippen molar-refractivity contribution in [3.8, 4) is 0 Å². The lowest BCUT2D eigenvalue weighted by atomic mass is 9.86. The predicted octanol–water partition coefficient (Wildman–Crippen LogP) is 1.69. The highest BCUT2D eigenvalue weighted by Gasteiger charge is 2.36. The van der Waals surface area contributed by atoms with Gasteiger partial charge in [-0.1, -0.05) is 17.6 Å². The third-order valence-corrected chi connectivity index (χ3v) is 1.83. The SMILES string of the molecule is OBc1cc(C(F)(F)F)cc(C(F)(F)F)c1. The van der Waals surface area contributed by atoms with Crippen molar-refractivity contribution in [1.29, 1.82) is 0 Å². The number of hydrogen-bond donors (Lipinski definition) is 1. The summed E-state index contributed by atoms with van der Waals surface area (Å²) in [5, 5.41) is 8.58.